The molecule has 0 saturated carbocycles. The Kier molecular flexibility index (Phi) is 4.78. The van der Waals surface area contributed by atoms with E-state index in [9.17, 15) is 9.59 Å². The number of hydrogen-bond acceptors (Lipinski definition) is 8. The predicted molar refractivity (Wildman–Crippen MR) is 103 cm³/mol. The lowest BCUT2D eigenvalue weighted by Crippen LogP contribution is -2.19. The molecule has 0 aliphatic carbocycles. The van der Waals surface area contributed by atoms with Gasteiger partial charge in [0.1, 0.15) is 0 Å². The van der Waals surface area contributed by atoms with E-state index in [2.05, 4.69) is 15.4 Å². The van der Waals surface area contributed by atoms with Crippen LogP contribution in [0, 0.1) is 6.92 Å². The molecular formula is C18H14N4O3S2. The van der Waals surface area contributed by atoms with Crippen molar-refractivity contribution in [3.05, 3.63) is 51.5 Å². The second-order valence-electron chi connectivity index (χ2n) is 5.79. The summed E-state index contributed by atoms with van der Waals surface area (Å²) >= 11 is 2.93. The minimum atomic E-state index is -0.587. The van der Waals surface area contributed by atoms with Crippen molar-refractivity contribution in [3.8, 4) is 11.4 Å². The molecule has 0 atom stereocenters. The largest absolute Gasteiger partial charge is 0.456 e. The van der Waals surface area contributed by atoms with Gasteiger partial charge in [-0.1, -0.05) is 18.2 Å². The molecule has 0 fully saturated rings. The molecule has 0 N–H and O–H groups in total. The molecule has 0 radical (unpaired) electrons. The molecule has 0 aliphatic heterocycles. The second kappa shape index (κ2) is 7.37. The van der Waals surface area contributed by atoms with E-state index in [0.29, 0.717) is 10.7 Å². The van der Waals surface area contributed by atoms with Crippen LogP contribution >= 0.6 is 22.7 Å². The fraction of sp³-hybridized carbons (Fsp3) is 0.167. The summed E-state index contributed by atoms with van der Waals surface area (Å²) in [6.07, 6.45) is 0. The van der Waals surface area contributed by atoms with Gasteiger partial charge in [-0.15, -0.1) is 21.5 Å². The Hall–Kier alpha value is -2.91. The number of ether oxygens (including phenoxy) is 1. The van der Waals surface area contributed by atoms with Crippen molar-refractivity contribution in [1.29, 1.82) is 0 Å². The number of carbonyl (C=O) groups excluding carboxylic acids is 2. The molecule has 0 saturated heterocycles. The number of nitrogens with zero attached hydrogens (tertiary/aromatic N) is 4. The summed E-state index contributed by atoms with van der Waals surface area (Å²) in [5, 5.41) is 16.7. The minimum absolute atomic E-state index is 0.199. The van der Waals surface area contributed by atoms with Crippen molar-refractivity contribution >= 4 is 44.5 Å². The van der Waals surface area contributed by atoms with Crippen LogP contribution in [0.4, 0.5) is 0 Å². The molecule has 7 nitrogen and oxygen atoms in total. The third kappa shape index (κ3) is 3.64. The van der Waals surface area contributed by atoms with Crippen molar-refractivity contribution in [1.82, 2.24) is 20.2 Å². The zero-order chi connectivity index (χ0) is 18.8. The van der Waals surface area contributed by atoms with Crippen LogP contribution < -0.4 is 0 Å². The van der Waals surface area contributed by atoms with Gasteiger partial charge in [-0.2, -0.15) is 16.1 Å². The Morgan fingerprint density at radius 2 is 2.07 bits per heavy atom. The lowest BCUT2D eigenvalue weighted by Gasteiger charge is -2.03. The van der Waals surface area contributed by atoms with E-state index in [1.165, 1.54) is 22.7 Å². The highest BCUT2D eigenvalue weighted by molar-refractivity contribution is 7.21. The summed E-state index contributed by atoms with van der Waals surface area (Å²) in [7, 11) is 0. The molecule has 27 heavy (non-hydrogen) atoms. The number of fused-ring (bicyclic) bond motifs is 1. The van der Waals surface area contributed by atoms with Gasteiger partial charge in [-0.25, -0.2) is 4.79 Å². The van der Waals surface area contributed by atoms with E-state index >= 15 is 0 Å². The molecule has 0 amide bonds. The molecule has 0 spiro atoms. The van der Waals surface area contributed by atoms with Gasteiger partial charge in [0, 0.05) is 15.6 Å². The highest BCUT2D eigenvalue weighted by Gasteiger charge is 2.18. The van der Waals surface area contributed by atoms with Crippen molar-refractivity contribution in [3.63, 3.8) is 0 Å². The van der Waals surface area contributed by atoms with E-state index < -0.39 is 5.97 Å². The summed E-state index contributed by atoms with van der Waals surface area (Å²) < 4.78 is 6.14. The fourth-order valence-corrected chi connectivity index (χ4v) is 4.40. The van der Waals surface area contributed by atoms with Gasteiger partial charge in [0.25, 0.3) is 0 Å². The maximum atomic E-state index is 12.4. The van der Waals surface area contributed by atoms with Gasteiger partial charge in [-0.05, 0) is 40.6 Å². The zero-order valence-corrected chi connectivity index (χ0v) is 15.9. The van der Waals surface area contributed by atoms with Crippen LogP contribution in [0.25, 0.3) is 21.5 Å². The molecule has 0 unspecified atom stereocenters. The van der Waals surface area contributed by atoms with Crippen molar-refractivity contribution < 1.29 is 14.3 Å². The molecule has 4 rings (SSSR count). The standard InChI is InChI=1S/C18H14N4O3S2/c1-11-13-4-2-3-5-15(13)27-17(11)14(23)9-25-16(24)8-22-20-18(19-21-22)12-6-7-26-10-12/h2-7,10H,8-9H2,1H3. The van der Waals surface area contributed by atoms with E-state index in [1.54, 1.807) is 0 Å². The molecule has 3 heterocycles. The first kappa shape index (κ1) is 17.5. The second-order valence-corrected chi connectivity index (χ2v) is 7.62. The maximum absolute atomic E-state index is 12.4. The summed E-state index contributed by atoms with van der Waals surface area (Å²) in [6.45, 7) is 1.40. The van der Waals surface area contributed by atoms with Crippen LogP contribution in [0.3, 0.4) is 0 Å². The highest BCUT2D eigenvalue weighted by Crippen LogP contribution is 2.30. The van der Waals surface area contributed by atoms with Gasteiger partial charge in [0.05, 0.1) is 4.88 Å². The summed E-state index contributed by atoms with van der Waals surface area (Å²) in [5.74, 6) is -0.357. The average Bonchev–Trinajstić information content (AvgIpc) is 3.40. The van der Waals surface area contributed by atoms with E-state index in [1.807, 2.05) is 48.0 Å². The van der Waals surface area contributed by atoms with Crippen LogP contribution in [0.5, 0.6) is 0 Å². The summed E-state index contributed by atoms with van der Waals surface area (Å²) in [4.78, 5) is 26.2. The van der Waals surface area contributed by atoms with Crippen molar-refractivity contribution in [2.24, 2.45) is 0 Å². The first-order valence-electron chi connectivity index (χ1n) is 8.09. The fourth-order valence-electron chi connectivity index (χ4n) is 2.63. The Morgan fingerprint density at radius 3 is 2.85 bits per heavy atom. The van der Waals surface area contributed by atoms with Gasteiger partial charge >= 0.3 is 5.97 Å². The van der Waals surface area contributed by atoms with Crippen LogP contribution in [0.1, 0.15) is 15.2 Å². The van der Waals surface area contributed by atoms with E-state index in [-0.39, 0.29) is 18.9 Å². The van der Waals surface area contributed by atoms with Gasteiger partial charge in [0.2, 0.25) is 11.6 Å². The number of tetrazole rings is 1. The monoisotopic (exact) mass is 398 g/mol. The molecule has 3 aromatic heterocycles. The van der Waals surface area contributed by atoms with Crippen molar-refractivity contribution in [2.75, 3.05) is 6.61 Å². The van der Waals surface area contributed by atoms with Crippen molar-refractivity contribution in [2.45, 2.75) is 13.5 Å². The lowest BCUT2D eigenvalue weighted by molar-refractivity contribution is -0.143. The quantitative estimate of drug-likeness (QED) is 0.366. The van der Waals surface area contributed by atoms with Gasteiger partial charge < -0.3 is 4.74 Å². The molecule has 9 heteroatoms. The van der Waals surface area contributed by atoms with Crippen LogP contribution in [-0.2, 0) is 16.1 Å². The number of aromatic nitrogens is 4. The number of thiophene rings is 2. The van der Waals surface area contributed by atoms with Gasteiger partial charge in [-0.3, -0.25) is 4.79 Å². The van der Waals surface area contributed by atoms with Gasteiger partial charge in [0.15, 0.2) is 13.2 Å². The number of ketones is 1. The first-order valence-corrected chi connectivity index (χ1v) is 9.85. The predicted octanol–water partition coefficient (Wildman–Crippen LogP) is 3.35. The number of Topliss-reactive ketones (excluding diaryl/α,β-unsaturated/α-hetero) is 1. The first-order chi connectivity index (χ1) is 13.1. The topological polar surface area (TPSA) is 87.0 Å². The lowest BCUT2D eigenvalue weighted by atomic mass is 10.1. The Balaban J connectivity index is 1.37. The Labute approximate surface area is 162 Å². The third-order valence-electron chi connectivity index (χ3n) is 3.96. The number of rotatable bonds is 6. The minimum Gasteiger partial charge on any atom is -0.456 e. The number of hydrogen-bond donors (Lipinski definition) is 0. The summed E-state index contributed by atoms with van der Waals surface area (Å²) in [6, 6.07) is 9.69. The smallest absolute Gasteiger partial charge is 0.330 e. The average molecular weight is 398 g/mol. The van der Waals surface area contributed by atoms with Crippen LogP contribution in [0.15, 0.2) is 41.1 Å². The molecule has 1 aromatic carbocycles. The maximum Gasteiger partial charge on any atom is 0.330 e. The third-order valence-corrected chi connectivity index (χ3v) is 5.96. The van der Waals surface area contributed by atoms with Crippen LogP contribution in [-0.4, -0.2) is 38.6 Å². The Morgan fingerprint density at radius 1 is 1.22 bits per heavy atom. The summed E-state index contributed by atoms with van der Waals surface area (Å²) in [5.41, 5.74) is 1.75. The molecule has 136 valence electrons. The zero-order valence-electron chi connectivity index (χ0n) is 14.3. The van der Waals surface area contributed by atoms with E-state index in [0.717, 1.165) is 26.0 Å². The normalized spacial score (nSPS) is 11.0. The van der Waals surface area contributed by atoms with Crippen LogP contribution in [0.2, 0.25) is 0 Å². The highest BCUT2D eigenvalue weighted by atomic mass is 32.1. The number of aryl methyl sites for hydroxylation is 1. The number of esters is 1. The SMILES string of the molecule is Cc1c(C(=O)COC(=O)Cn2nnc(-c3ccsc3)n2)sc2ccccc12. The molecule has 0 bridgehead atoms. The molecule has 0 aliphatic rings. The Bertz CT molecular complexity index is 1120. The molecular weight excluding hydrogens is 384 g/mol. The molecule has 4 aromatic rings. The van der Waals surface area contributed by atoms with E-state index in [4.69, 9.17) is 4.74 Å². The number of benzene rings is 1. The number of carbonyl (C=O) groups is 2.